The standard InChI is InChI=1S/C27H29ClN2O3S/c1-15(2)25(31)18-8-5-17(6-9-18)7-11-20-14-22-24(21-12-10-19(33-4)13-23(21)28)29-16(3)26(32)30-27(22)34-20/h5-6,8-10,12-16,25,31H,7,11H2,1-4H3,(H,30,32). The van der Waals surface area contributed by atoms with Crippen molar-refractivity contribution < 1.29 is 14.6 Å². The number of aliphatic hydroxyl groups excluding tert-OH is 1. The van der Waals surface area contributed by atoms with E-state index in [0.717, 1.165) is 39.4 Å². The predicted molar refractivity (Wildman–Crippen MR) is 140 cm³/mol. The predicted octanol–water partition coefficient (Wildman–Crippen LogP) is 6.06. The van der Waals surface area contributed by atoms with E-state index >= 15 is 0 Å². The molecule has 0 fully saturated rings. The Balaban J connectivity index is 1.59. The Labute approximate surface area is 209 Å². The molecule has 2 unspecified atom stereocenters. The van der Waals surface area contributed by atoms with Crippen LogP contribution in [-0.2, 0) is 17.6 Å². The first-order valence-electron chi connectivity index (χ1n) is 11.4. The van der Waals surface area contributed by atoms with Crippen molar-refractivity contribution in [2.24, 2.45) is 10.9 Å². The van der Waals surface area contributed by atoms with Crippen LogP contribution in [0.1, 0.15) is 54.0 Å². The highest BCUT2D eigenvalue weighted by molar-refractivity contribution is 7.16. The zero-order chi connectivity index (χ0) is 24.4. The minimum atomic E-state index is -0.518. The Bertz CT molecular complexity index is 1220. The molecule has 1 aliphatic heterocycles. The van der Waals surface area contributed by atoms with Crippen LogP contribution in [0.15, 0.2) is 53.5 Å². The first kappa shape index (κ1) is 24.5. The zero-order valence-electron chi connectivity index (χ0n) is 19.8. The Morgan fingerprint density at radius 2 is 1.85 bits per heavy atom. The number of benzene rings is 2. The number of methoxy groups -OCH3 is 1. The fraction of sp³-hybridized carbons (Fsp3) is 0.333. The number of hydrogen-bond donors (Lipinski definition) is 2. The molecule has 1 aromatic heterocycles. The van der Waals surface area contributed by atoms with E-state index in [4.69, 9.17) is 21.3 Å². The summed E-state index contributed by atoms with van der Waals surface area (Å²) in [5, 5.41) is 14.6. The van der Waals surface area contributed by atoms with Gasteiger partial charge in [-0.25, -0.2) is 0 Å². The minimum absolute atomic E-state index is 0.131. The van der Waals surface area contributed by atoms with Gasteiger partial charge in [0, 0.05) is 16.0 Å². The molecule has 0 bridgehead atoms. The molecule has 0 aliphatic carbocycles. The third kappa shape index (κ3) is 5.19. The number of nitrogens with zero attached hydrogens (tertiary/aromatic N) is 1. The Kier molecular flexibility index (Phi) is 7.41. The highest BCUT2D eigenvalue weighted by Gasteiger charge is 2.26. The first-order valence-corrected chi connectivity index (χ1v) is 12.6. The Hall–Kier alpha value is -2.67. The number of hydrogen-bond acceptors (Lipinski definition) is 5. The second kappa shape index (κ2) is 10.3. The highest BCUT2D eigenvalue weighted by Crippen LogP contribution is 2.36. The zero-order valence-corrected chi connectivity index (χ0v) is 21.3. The van der Waals surface area contributed by atoms with E-state index in [1.807, 2.05) is 38.1 Å². The van der Waals surface area contributed by atoms with Crippen LogP contribution in [0.2, 0.25) is 5.02 Å². The topological polar surface area (TPSA) is 70.9 Å². The van der Waals surface area contributed by atoms with Crippen LogP contribution in [0.25, 0.3) is 0 Å². The average Bonchev–Trinajstić information content (AvgIpc) is 3.18. The molecule has 1 amide bonds. The van der Waals surface area contributed by atoms with Gasteiger partial charge in [0.05, 0.1) is 23.9 Å². The number of carbonyl (C=O) groups is 1. The van der Waals surface area contributed by atoms with Gasteiger partial charge >= 0.3 is 0 Å². The largest absolute Gasteiger partial charge is 0.497 e. The average molecular weight is 497 g/mol. The number of aliphatic imine (C=N–C) groups is 1. The summed E-state index contributed by atoms with van der Waals surface area (Å²) in [5.74, 6) is 0.720. The van der Waals surface area contributed by atoms with Crippen molar-refractivity contribution in [3.8, 4) is 5.75 Å². The first-order chi connectivity index (χ1) is 16.3. The van der Waals surface area contributed by atoms with E-state index in [1.54, 1.807) is 31.4 Å². The summed E-state index contributed by atoms with van der Waals surface area (Å²) in [6.07, 6.45) is 1.24. The molecule has 4 rings (SSSR count). The van der Waals surface area contributed by atoms with Crippen LogP contribution < -0.4 is 10.1 Å². The van der Waals surface area contributed by atoms with Crippen molar-refractivity contribution in [3.63, 3.8) is 0 Å². The van der Waals surface area contributed by atoms with E-state index in [9.17, 15) is 9.90 Å². The molecule has 178 valence electrons. The molecule has 2 atom stereocenters. The van der Waals surface area contributed by atoms with Crippen molar-refractivity contribution in [1.82, 2.24) is 0 Å². The number of nitrogens with one attached hydrogen (secondary N) is 1. The van der Waals surface area contributed by atoms with Crippen molar-refractivity contribution in [2.45, 2.75) is 45.8 Å². The van der Waals surface area contributed by atoms with E-state index in [0.29, 0.717) is 16.5 Å². The molecule has 0 saturated carbocycles. The second-order valence-electron chi connectivity index (χ2n) is 8.87. The molecule has 5 nitrogen and oxygen atoms in total. The summed E-state index contributed by atoms with van der Waals surface area (Å²) in [7, 11) is 1.60. The molecule has 3 aromatic rings. The Morgan fingerprint density at radius 3 is 2.50 bits per heavy atom. The van der Waals surface area contributed by atoms with E-state index in [2.05, 4.69) is 23.5 Å². The van der Waals surface area contributed by atoms with E-state index < -0.39 is 12.1 Å². The highest BCUT2D eigenvalue weighted by atomic mass is 35.5. The van der Waals surface area contributed by atoms with Crippen molar-refractivity contribution in [3.05, 3.63) is 80.7 Å². The maximum atomic E-state index is 12.6. The van der Waals surface area contributed by atoms with Gasteiger partial charge in [-0.3, -0.25) is 9.79 Å². The number of halogens is 1. The maximum absolute atomic E-state index is 12.6. The SMILES string of the molecule is COc1ccc(C2=NC(C)C(=O)Nc3sc(CCc4ccc(C(O)C(C)C)cc4)cc32)c(Cl)c1. The summed E-state index contributed by atoms with van der Waals surface area (Å²) in [6, 6.07) is 15.2. The van der Waals surface area contributed by atoms with Gasteiger partial charge in [-0.05, 0) is 61.1 Å². The molecule has 2 heterocycles. The number of carbonyl (C=O) groups excluding carboxylic acids is 1. The fourth-order valence-electron chi connectivity index (χ4n) is 3.94. The van der Waals surface area contributed by atoms with Gasteiger partial charge in [0.15, 0.2) is 0 Å². The van der Waals surface area contributed by atoms with Gasteiger partial charge < -0.3 is 15.2 Å². The lowest BCUT2D eigenvalue weighted by Gasteiger charge is -2.15. The number of rotatable bonds is 7. The fourth-order valence-corrected chi connectivity index (χ4v) is 5.26. The molecular weight excluding hydrogens is 468 g/mol. The van der Waals surface area contributed by atoms with Crippen molar-refractivity contribution >= 4 is 39.6 Å². The van der Waals surface area contributed by atoms with Crippen molar-refractivity contribution in [1.29, 1.82) is 0 Å². The normalized spacial score (nSPS) is 16.5. The number of thiophene rings is 1. The number of anilines is 1. The second-order valence-corrected chi connectivity index (χ2v) is 10.4. The number of amides is 1. The summed E-state index contributed by atoms with van der Waals surface area (Å²) in [4.78, 5) is 18.5. The molecule has 7 heteroatoms. The summed E-state index contributed by atoms with van der Waals surface area (Å²) in [6.45, 7) is 5.80. The van der Waals surface area contributed by atoms with Gasteiger partial charge in [0.25, 0.3) is 0 Å². The summed E-state index contributed by atoms with van der Waals surface area (Å²) in [5.41, 5.74) is 4.52. The number of fused-ring (bicyclic) bond motifs is 1. The van der Waals surface area contributed by atoms with Crippen LogP contribution in [0.4, 0.5) is 5.00 Å². The lowest BCUT2D eigenvalue weighted by Crippen LogP contribution is -2.22. The number of aliphatic hydroxyl groups is 1. The van der Waals surface area contributed by atoms with Crippen LogP contribution in [0, 0.1) is 5.92 Å². The lowest BCUT2D eigenvalue weighted by atomic mass is 9.97. The van der Waals surface area contributed by atoms with Gasteiger partial charge in [-0.1, -0.05) is 49.7 Å². The molecule has 0 saturated heterocycles. The van der Waals surface area contributed by atoms with Gasteiger partial charge in [0.1, 0.15) is 16.8 Å². The summed E-state index contributed by atoms with van der Waals surface area (Å²) < 4.78 is 5.28. The van der Waals surface area contributed by atoms with Crippen molar-refractivity contribution in [2.75, 3.05) is 12.4 Å². The molecule has 0 spiro atoms. The van der Waals surface area contributed by atoms with Gasteiger partial charge in [-0.2, -0.15) is 0 Å². The number of aryl methyl sites for hydroxylation is 2. The maximum Gasteiger partial charge on any atom is 0.249 e. The molecule has 1 aliphatic rings. The molecule has 2 N–H and O–H groups in total. The van der Waals surface area contributed by atoms with E-state index in [-0.39, 0.29) is 11.8 Å². The third-order valence-electron chi connectivity index (χ3n) is 6.02. The monoisotopic (exact) mass is 496 g/mol. The summed E-state index contributed by atoms with van der Waals surface area (Å²) >= 11 is 8.14. The minimum Gasteiger partial charge on any atom is -0.497 e. The molecule has 34 heavy (non-hydrogen) atoms. The third-order valence-corrected chi connectivity index (χ3v) is 7.44. The van der Waals surface area contributed by atoms with Crippen LogP contribution in [0.5, 0.6) is 5.75 Å². The molecule has 0 radical (unpaired) electrons. The Morgan fingerprint density at radius 1 is 1.12 bits per heavy atom. The molecular formula is C27H29ClN2O3S. The molecule has 2 aromatic carbocycles. The van der Waals surface area contributed by atoms with Gasteiger partial charge in [0.2, 0.25) is 5.91 Å². The van der Waals surface area contributed by atoms with Gasteiger partial charge in [-0.15, -0.1) is 11.3 Å². The number of ether oxygens (including phenoxy) is 1. The lowest BCUT2D eigenvalue weighted by molar-refractivity contribution is -0.116. The quantitative estimate of drug-likeness (QED) is 0.417. The van der Waals surface area contributed by atoms with Crippen LogP contribution >= 0.6 is 22.9 Å². The van der Waals surface area contributed by atoms with Crippen LogP contribution in [-0.4, -0.2) is 29.9 Å². The van der Waals surface area contributed by atoms with Crippen LogP contribution in [0.3, 0.4) is 0 Å². The van der Waals surface area contributed by atoms with E-state index in [1.165, 1.54) is 5.56 Å². The smallest absolute Gasteiger partial charge is 0.249 e.